The van der Waals surface area contributed by atoms with Crippen molar-refractivity contribution >= 4 is 56.1 Å². The van der Waals surface area contributed by atoms with E-state index in [9.17, 15) is 32.0 Å². The summed E-state index contributed by atoms with van der Waals surface area (Å²) in [5.74, 6) is 2.06. The molecule has 3 aromatic carbocycles. The summed E-state index contributed by atoms with van der Waals surface area (Å²) in [5, 5.41) is 2.65. The highest BCUT2D eigenvalue weighted by Gasteiger charge is 2.48. The van der Waals surface area contributed by atoms with E-state index in [-0.39, 0.29) is 42.2 Å². The third-order valence-electron chi connectivity index (χ3n) is 12.9. The maximum atomic E-state index is 15.8. The van der Waals surface area contributed by atoms with E-state index in [4.69, 9.17) is 0 Å². The van der Waals surface area contributed by atoms with Crippen molar-refractivity contribution in [2.24, 2.45) is 5.41 Å². The van der Waals surface area contributed by atoms with Gasteiger partial charge >= 0.3 is 10.2 Å². The number of imide groups is 1. The van der Waals surface area contributed by atoms with E-state index in [2.05, 4.69) is 36.9 Å². The van der Waals surface area contributed by atoms with Crippen molar-refractivity contribution in [2.75, 3.05) is 55.4 Å². The van der Waals surface area contributed by atoms with Crippen molar-refractivity contribution in [1.29, 1.82) is 0 Å². The summed E-state index contributed by atoms with van der Waals surface area (Å²) in [4.78, 5) is 64.6. The zero-order valence-corrected chi connectivity index (χ0v) is 35.1. The van der Waals surface area contributed by atoms with E-state index in [0.717, 1.165) is 71.4 Å². The summed E-state index contributed by atoms with van der Waals surface area (Å²) in [5.41, 5.74) is 3.45. The first kappa shape index (κ1) is 41.5. The molecule has 4 saturated heterocycles. The number of hydrogen-bond donors (Lipinski definition) is 3. The molecule has 14 nitrogen and oxygen atoms in total. The molecule has 1 unspecified atom stereocenters. The highest BCUT2D eigenvalue weighted by atomic mass is 32.2. The molecule has 10 rings (SSSR count). The minimum absolute atomic E-state index is 0.00395. The van der Waals surface area contributed by atoms with E-state index >= 15 is 8.78 Å². The zero-order valence-electron chi connectivity index (χ0n) is 34.3. The van der Waals surface area contributed by atoms with E-state index in [0.29, 0.717) is 41.7 Å². The number of H-pyrrole nitrogens is 1. The van der Waals surface area contributed by atoms with Gasteiger partial charge in [-0.2, -0.15) is 12.7 Å². The van der Waals surface area contributed by atoms with Crippen LogP contribution in [0.25, 0.3) is 22.2 Å². The number of rotatable bonds is 9. The van der Waals surface area contributed by atoms with Crippen LogP contribution >= 0.6 is 0 Å². The van der Waals surface area contributed by atoms with Gasteiger partial charge in [0.15, 0.2) is 5.82 Å². The number of hydrogen-bond acceptors (Lipinski definition) is 9. The molecule has 0 aliphatic carbocycles. The van der Waals surface area contributed by atoms with Gasteiger partial charge in [0.05, 0.1) is 17.8 Å². The second kappa shape index (κ2) is 15.9. The van der Waals surface area contributed by atoms with Gasteiger partial charge in [-0.15, -0.1) is 0 Å². The van der Waals surface area contributed by atoms with Gasteiger partial charge in [0.25, 0.3) is 5.91 Å². The van der Waals surface area contributed by atoms with Crippen LogP contribution in [0.15, 0.2) is 73.1 Å². The van der Waals surface area contributed by atoms with Gasteiger partial charge < -0.3 is 14.8 Å². The SMILES string of the molecule is O=C1CCC(N2Cc3cc(N4CC5(CCN(CC#Cc6cccc(-c7cnc8[nH]cc(C(=O)c9c(F)ccc(NS(=O)(=O)N%10CC[C@@H](F)C%10)c9F)c8c7)c6)C5)C4)ccc3C2=O)C(=O)N1. The predicted molar refractivity (Wildman–Crippen MR) is 230 cm³/mol. The molecule has 0 saturated carbocycles. The summed E-state index contributed by atoms with van der Waals surface area (Å²) in [6.45, 7) is 4.01. The van der Waals surface area contributed by atoms with Gasteiger partial charge in [0.1, 0.15) is 23.7 Å². The Kier molecular flexibility index (Phi) is 10.3. The van der Waals surface area contributed by atoms with E-state index in [1.807, 2.05) is 47.2 Å². The van der Waals surface area contributed by atoms with Crippen molar-refractivity contribution in [3.63, 3.8) is 0 Å². The second-order valence-electron chi connectivity index (χ2n) is 17.2. The van der Waals surface area contributed by atoms with E-state index in [1.54, 1.807) is 17.2 Å². The Bertz CT molecular complexity index is 2980. The quantitative estimate of drug-likeness (QED) is 0.107. The summed E-state index contributed by atoms with van der Waals surface area (Å²) in [6, 6.07) is 16.1. The molecule has 2 aromatic heterocycles. The highest BCUT2D eigenvalue weighted by Crippen LogP contribution is 2.43. The number of alkyl halides is 1. The predicted octanol–water partition coefficient (Wildman–Crippen LogP) is 4.76. The Morgan fingerprint density at radius 2 is 1.83 bits per heavy atom. The average molecular weight is 891 g/mol. The molecule has 5 aromatic rings. The number of amides is 3. The molecule has 64 heavy (non-hydrogen) atoms. The first-order valence-electron chi connectivity index (χ1n) is 21.0. The normalized spacial score (nSPS) is 21.0. The van der Waals surface area contributed by atoms with Crippen LogP contribution in [0.4, 0.5) is 24.5 Å². The van der Waals surface area contributed by atoms with Crippen LogP contribution in [-0.4, -0.2) is 114 Å². The zero-order chi connectivity index (χ0) is 44.5. The molecule has 2 atom stereocenters. The van der Waals surface area contributed by atoms with E-state index in [1.165, 1.54) is 6.20 Å². The minimum atomic E-state index is -4.37. The van der Waals surface area contributed by atoms with Crippen LogP contribution in [0.5, 0.6) is 0 Å². The van der Waals surface area contributed by atoms with Crippen molar-refractivity contribution < 1.29 is 40.8 Å². The summed E-state index contributed by atoms with van der Waals surface area (Å²) in [6.07, 6.45) is 3.13. The first-order valence-corrected chi connectivity index (χ1v) is 22.4. The number of piperidine rings is 1. The molecule has 5 aliphatic rings. The standard InChI is InChI=1S/C46H41F3N8O6S/c47-31-12-15-56(23-31)64(62,63)53-37-9-8-36(48)40(41(37)49)42(59)35-21-51-43-34(35)19-29(20-50-43)28-5-1-3-27(17-28)4-2-14-54-16-13-46(24-54)25-55(26-46)32-6-7-33-30(18-32)22-57(45(33)61)38-10-11-39(58)52-44(38)60/h1,3,5-9,17-21,31,38,53H,10-16,22-26H2,(H,50,51)(H,52,58,60)/t31-,38?/m1/s1. The molecule has 1 spiro atoms. The maximum Gasteiger partial charge on any atom is 0.301 e. The number of likely N-dealkylation sites (tertiary alicyclic amines) is 1. The average Bonchev–Trinajstić information content (AvgIpc) is 4.07. The second-order valence-corrected chi connectivity index (χ2v) is 18.9. The van der Waals surface area contributed by atoms with Crippen molar-refractivity contribution in [3.8, 4) is 23.0 Å². The molecule has 3 N–H and O–H groups in total. The maximum absolute atomic E-state index is 15.8. The molecular weight excluding hydrogens is 850 g/mol. The fourth-order valence-electron chi connectivity index (χ4n) is 9.59. The lowest BCUT2D eigenvalue weighted by molar-refractivity contribution is -0.136. The summed E-state index contributed by atoms with van der Waals surface area (Å²) < 4.78 is 73.1. The molecule has 3 amide bonds. The first-order chi connectivity index (χ1) is 30.7. The van der Waals surface area contributed by atoms with Gasteiger partial charge in [0, 0.05) is 96.8 Å². The Hall–Kier alpha value is -6.55. The van der Waals surface area contributed by atoms with Gasteiger partial charge in [-0.1, -0.05) is 24.0 Å². The molecular formula is C46H41F3N8O6S. The largest absolute Gasteiger partial charge is 0.370 e. The number of aromatic amines is 1. The monoisotopic (exact) mass is 890 g/mol. The number of nitrogens with zero attached hydrogens (tertiary/aromatic N) is 5. The molecule has 0 bridgehead atoms. The Labute approximate surface area is 366 Å². The number of ketones is 1. The number of carbonyl (C=O) groups is 4. The Morgan fingerprint density at radius 3 is 2.62 bits per heavy atom. The smallest absolute Gasteiger partial charge is 0.301 e. The van der Waals surface area contributed by atoms with Crippen LogP contribution in [-0.2, 0) is 26.3 Å². The number of fused-ring (bicyclic) bond motifs is 2. The van der Waals surface area contributed by atoms with Crippen molar-refractivity contribution in [2.45, 2.75) is 44.4 Å². The fraction of sp³-hybridized carbons (Fsp3) is 0.326. The lowest BCUT2D eigenvalue weighted by atomic mass is 9.78. The third-order valence-corrected chi connectivity index (χ3v) is 14.4. The summed E-state index contributed by atoms with van der Waals surface area (Å²) in [7, 11) is -4.37. The summed E-state index contributed by atoms with van der Waals surface area (Å²) >= 11 is 0. The van der Waals surface area contributed by atoms with Crippen LogP contribution in [0.3, 0.4) is 0 Å². The lowest BCUT2D eigenvalue weighted by Gasteiger charge is -2.49. The third kappa shape index (κ3) is 7.56. The van der Waals surface area contributed by atoms with Crippen molar-refractivity contribution in [1.82, 2.24) is 29.4 Å². The molecule has 18 heteroatoms. The highest BCUT2D eigenvalue weighted by molar-refractivity contribution is 7.90. The van der Waals surface area contributed by atoms with Gasteiger partial charge in [-0.05, 0) is 85.5 Å². The van der Waals surface area contributed by atoms with Gasteiger partial charge in [-0.3, -0.25) is 34.1 Å². The van der Waals surface area contributed by atoms with Crippen molar-refractivity contribution in [3.05, 3.63) is 113 Å². The van der Waals surface area contributed by atoms with E-state index < -0.39 is 63.5 Å². The Morgan fingerprint density at radius 1 is 0.984 bits per heavy atom. The number of anilines is 2. The Balaban J connectivity index is 0.777. The number of pyridine rings is 1. The molecule has 328 valence electrons. The topological polar surface area (TPSA) is 168 Å². The molecule has 5 aliphatic heterocycles. The number of benzene rings is 3. The molecule has 7 heterocycles. The lowest BCUT2D eigenvalue weighted by Crippen LogP contribution is -2.57. The number of carbonyl (C=O) groups excluding carboxylic acids is 4. The van der Waals surface area contributed by atoms with Crippen LogP contribution in [0, 0.1) is 28.9 Å². The van der Waals surface area contributed by atoms with Crippen LogP contribution in [0.2, 0.25) is 0 Å². The number of nitrogens with one attached hydrogen (secondary N) is 3. The molecule has 0 radical (unpaired) electrons. The number of aromatic nitrogens is 2. The minimum Gasteiger partial charge on any atom is -0.370 e. The fourth-order valence-corrected chi connectivity index (χ4v) is 10.9. The van der Waals surface area contributed by atoms with Gasteiger partial charge in [0.2, 0.25) is 17.6 Å². The van der Waals surface area contributed by atoms with Crippen LogP contribution in [0.1, 0.15) is 63.1 Å². The molecule has 4 fully saturated rings. The van der Waals surface area contributed by atoms with Gasteiger partial charge in [-0.25, -0.2) is 18.2 Å². The van der Waals surface area contributed by atoms with Crippen LogP contribution < -0.4 is 14.9 Å². The number of halogens is 3.